The molecule has 4 nitrogen and oxygen atoms in total. The Morgan fingerprint density at radius 3 is 2.83 bits per heavy atom. The first-order valence-electron chi connectivity index (χ1n) is 6.00. The summed E-state index contributed by atoms with van der Waals surface area (Å²) in [6, 6.07) is 2.90. The van der Waals surface area contributed by atoms with E-state index in [1.165, 1.54) is 0 Å². The largest absolute Gasteiger partial charge is 0.361 e. The number of rotatable bonds is 5. The van der Waals surface area contributed by atoms with Gasteiger partial charge in [0.25, 0.3) is 0 Å². The van der Waals surface area contributed by atoms with Crippen molar-refractivity contribution in [2.24, 2.45) is 0 Å². The molecule has 0 amide bonds. The predicted octanol–water partition coefficient (Wildman–Crippen LogP) is 3.40. The molecule has 0 saturated carbocycles. The molecule has 2 rings (SSSR count). The second kappa shape index (κ2) is 5.38. The van der Waals surface area contributed by atoms with Gasteiger partial charge in [0.05, 0.1) is 11.3 Å². The molecule has 0 N–H and O–H groups in total. The Labute approximate surface area is 113 Å². The van der Waals surface area contributed by atoms with Crippen molar-refractivity contribution in [1.29, 1.82) is 0 Å². The molecule has 0 atom stereocenters. The lowest BCUT2D eigenvalue weighted by Gasteiger charge is -2.15. The van der Waals surface area contributed by atoms with Crippen molar-refractivity contribution in [2.75, 3.05) is 6.61 Å². The number of halogens is 1. The molecule has 0 aliphatic heterocycles. The van der Waals surface area contributed by atoms with Crippen LogP contribution in [-0.2, 0) is 11.5 Å². The van der Waals surface area contributed by atoms with Crippen LogP contribution in [0.25, 0.3) is 11.2 Å². The maximum absolute atomic E-state index is 6.04. The van der Waals surface area contributed by atoms with Gasteiger partial charge in [-0.1, -0.05) is 31.2 Å². The van der Waals surface area contributed by atoms with Crippen molar-refractivity contribution in [3.8, 4) is 0 Å². The van der Waals surface area contributed by atoms with Gasteiger partial charge in [-0.25, -0.2) is 9.97 Å². The minimum Gasteiger partial charge on any atom is -0.361 e. The van der Waals surface area contributed by atoms with Gasteiger partial charge in [-0.05, 0) is 12.1 Å². The highest BCUT2D eigenvalue weighted by atomic mass is 35.5. The van der Waals surface area contributed by atoms with E-state index in [4.69, 9.17) is 16.3 Å². The summed E-state index contributed by atoms with van der Waals surface area (Å²) in [5.41, 5.74) is 1.50. The van der Waals surface area contributed by atoms with E-state index in [9.17, 15) is 0 Å². The molecule has 0 aliphatic carbocycles. The molecule has 0 unspecified atom stereocenters. The zero-order chi connectivity index (χ0) is 13.2. The Kier molecular flexibility index (Phi) is 4.04. The zero-order valence-electron chi connectivity index (χ0n) is 11.0. The Balaban J connectivity index is 1.98. The average molecular weight is 284 g/mol. The SMILES string of the molecule is C[Si](C)(C)CCOCn1cnc2c(Cl)ccnc21. The third-order valence-corrected chi connectivity index (χ3v) is 4.69. The fraction of sp³-hybridized carbons (Fsp3) is 0.500. The lowest BCUT2D eigenvalue weighted by Crippen LogP contribution is -2.22. The normalized spacial score (nSPS) is 12.2. The van der Waals surface area contributed by atoms with Crippen LogP contribution in [0.2, 0.25) is 30.7 Å². The van der Waals surface area contributed by atoms with Crippen LogP contribution in [-0.4, -0.2) is 29.2 Å². The Hall–Kier alpha value is -0.913. The summed E-state index contributed by atoms with van der Waals surface area (Å²) in [4.78, 5) is 8.52. The van der Waals surface area contributed by atoms with Gasteiger partial charge in [-0.3, -0.25) is 4.57 Å². The summed E-state index contributed by atoms with van der Waals surface area (Å²) >= 11 is 6.04. The smallest absolute Gasteiger partial charge is 0.163 e. The van der Waals surface area contributed by atoms with Gasteiger partial charge in [-0.15, -0.1) is 0 Å². The second-order valence-corrected chi connectivity index (χ2v) is 11.6. The van der Waals surface area contributed by atoms with E-state index in [0.717, 1.165) is 23.8 Å². The number of fused-ring (bicyclic) bond motifs is 1. The van der Waals surface area contributed by atoms with E-state index in [0.29, 0.717) is 11.8 Å². The molecule has 6 heteroatoms. The first-order valence-corrected chi connectivity index (χ1v) is 10.1. The molecular formula is C12H18ClN3OSi. The van der Waals surface area contributed by atoms with Crippen LogP contribution in [0.15, 0.2) is 18.6 Å². The van der Waals surface area contributed by atoms with Crippen molar-refractivity contribution in [2.45, 2.75) is 32.4 Å². The van der Waals surface area contributed by atoms with Crippen LogP contribution in [0, 0.1) is 0 Å². The highest BCUT2D eigenvalue weighted by molar-refractivity contribution is 6.76. The van der Waals surface area contributed by atoms with E-state index >= 15 is 0 Å². The molecule has 18 heavy (non-hydrogen) atoms. The number of ether oxygens (including phenoxy) is 1. The quantitative estimate of drug-likeness (QED) is 0.624. The van der Waals surface area contributed by atoms with E-state index in [1.807, 2.05) is 4.57 Å². The molecule has 0 aliphatic rings. The summed E-state index contributed by atoms with van der Waals surface area (Å²) < 4.78 is 7.56. The van der Waals surface area contributed by atoms with Crippen LogP contribution in [0.3, 0.4) is 0 Å². The van der Waals surface area contributed by atoms with Crippen LogP contribution in [0.5, 0.6) is 0 Å². The van der Waals surface area contributed by atoms with Crippen molar-refractivity contribution in [3.63, 3.8) is 0 Å². The standard InChI is InChI=1S/C12H18ClN3OSi/c1-18(2,3)7-6-17-9-16-8-15-11-10(13)4-5-14-12(11)16/h4-5,8H,6-7,9H2,1-3H3. The molecule has 2 aromatic rings. The van der Waals surface area contributed by atoms with Gasteiger partial charge in [0.1, 0.15) is 12.2 Å². The van der Waals surface area contributed by atoms with Crippen molar-refractivity contribution >= 4 is 30.8 Å². The number of hydrogen-bond donors (Lipinski definition) is 0. The summed E-state index contributed by atoms with van der Waals surface area (Å²) in [6.45, 7) is 8.28. The summed E-state index contributed by atoms with van der Waals surface area (Å²) in [6.07, 6.45) is 3.41. The molecule has 0 aromatic carbocycles. The van der Waals surface area contributed by atoms with Gasteiger partial charge >= 0.3 is 0 Å². The molecule has 0 bridgehead atoms. The monoisotopic (exact) mass is 283 g/mol. The Morgan fingerprint density at radius 1 is 1.33 bits per heavy atom. The van der Waals surface area contributed by atoms with Crippen LogP contribution < -0.4 is 0 Å². The summed E-state index contributed by atoms with van der Waals surface area (Å²) in [5, 5.41) is 0.626. The van der Waals surface area contributed by atoms with Crippen LogP contribution in [0.4, 0.5) is 0 Å². The number of imidazole rings is 1. The summed E-state index contributed by atoms with van der Waals surface area (Å²) in [7, 11) is -1.03. The third-order valence-electron chi connectivity index (χ3n) is 2.68. The van der Waals surface area contributed by atoms with Crippen molar-refractivity contribution in [3.05, 3.63) is 23.6 Å². The van der Waals surface area contributed by atoms with E-state index in [2.05, 4.69) is 29.6 Å². The van der Waals surface area contributed by atoms with Crippen molar-refractivity contribution < 1.29 is 4.74 Å². The Bertz CT molecular complexity index is 536. The molecule has 0 radical (unpaired) electrons. The molecule has 2 heterocycles. The molecular weight excluding hydrogens is 266 g/mol. The van der Waals surface area contributed by atoms with E-state index in [-0.39, 0.29) is 0 Å². The molecule has 0 fully saturated rings. The lowest BCUT2D eigenvalue weighted by molar-refractivity contribution is 0.0895. The highest BCUT2D eigenvalue weighted by Gasteiger charge is 2.12. The number of nitrogens with zero attached hydrogens (tertiary/aromatic N) is 3. The van der Waals surface area contributed by atoms with Crippen molar-refractivity contribution in [1.82, 2.24) is 14.5 Å². The van der Waals surface area contributed by atoms with Gasteiger partial charge in [0.15, 0.2) is 5.65 Å². The first-order chi connectivity index (χ1) is 8.47. The van der Waals surface area contributed by atoms with E-state index < -0.39 is 8.07 Å². The fourth-order valence-electron chi connectivity index (χ4n) is 1.57. The predicted molar refractivity (Wildman–Crippen MR) is 76.6 cm³/mol. The molecule has 0 saturated heterocycles. The fourth-order valence-corrected chi connectivity index (χ4v) is 2.51. The summed E-state index contributed by atoms with van der Waals surface area (Å²) in [5.74, 6) is 0. The van der Waals surface area contributed by atoms with Gasteiger partial charge < -0.3 is 4.74 Å². The van der Waals surface area contributed by atoms with Gasteiger partial charge in [0.2, 0.25) is 0 Å². The average Bonchev–Trinajstić information content (AvgIpc) is 2.68. The van der Waals surface area contributed by atoms with Gasteiger partial charge in [-0.2, -0.15) is 0 Å². The second-order valence-electron chi connectivity index (χ2n) is 5.53. The number of pyridine rings is 1. The zero-order valence-corrected chi connectivity index (χ0v) is 12.7. The highest BCUT2D eigenvalue weighted by Crippen LogP contribution is 2.19. The Morgan fingerprint density at radius 2 is 2.11 bits per heavy atom. The maximum Gasteiger partial charge on any atom is 0.163 e. The molecule has 0 spiro atoms. The minimum absolute atomic E-state index is 0.480. The first kappa shape index (κ1) is 13.5. The van der Waals surface area contributed by atoms with Crippen LogP contribution >= 0.6 is 11.6 Å². The molecule has 2 aromatic heterocycles. The maximum atomic E-state index is 6.04. The third kappa shape index (κ3) is 3.31. The topological polar surface area (TPSA) is 39.9 Å². The number of aromatic nitrogens is 3. The molecule has 98 valence electrons. The minimum atomic E-state index is -1.03. The van der Waals surface area contributed by atoms with E-state index in [1.54, 1.807) is 18.6 Å². The van der Waals surface area contributed by atoms with Gasteiger partial charge in [0, 0.05) is 20.9 Å². The number of hydrogen-bond acceptors (Lipinski definition) is 3. The lowest BCUT2D eigenvalue weighted by atomic mass is 10.4. The van der Waals surface area contributed by atoms with Crippen LogP contribution in [0.1, 0.15) is 0 Å².